The molecule has 5 heteroatoms. The van der Waals surface area contributed by atoms with Crippen LogP contribution in [0.1, 0.15) is 25.0 Å². The van der Waals surface area contributed by atoms with Gasteiger partial charge in [-0.05, 0) is 63.1 Å². The van der Waals surface area contributed by atoms with Gasteiger partial charge in [-0.25, -0.2) is 0 Å². The Morgan fingerprint density at radius 1 is 0.926 bits per heavy atom. The zero-order valence-corrected chi connectivity index (χ0v) is 17.7. The fourth-order valence-corrected chi connectivity index (χ4v) is 5.30. The van der Waals surface area contributed by atoms with Crippen molar-refractivity contribution >= 4 is 34.5 Å². The van der Waals surface area contributed by atoms with E-state index in [4.69, 9.17) is 0 Å². The lowest BCUT2D eigenvalue weighted by Crippen LogP contribution is -2.43. The minimum absolute atomic E-state index is 1.04. The Morgan fingerprint density at radius 3 is 2.22 bits per heavy atom. The number of anilines is 4. The highest BCUT2D eigenvalue weighted by Crippen LogP contribution is 2.49. The van der Waals surface area contributed by atoms with Crippen LogP contribution in [0.2, 0.25) is 0 Å². The minimum Gasteiger partial charge on any atom is -0.372 e. The van der Waals surface area contributed by atoms with Crippen LogP contribution in [0.25, 0.3) is 0 Å². The SMILES string of the molecule is CCN(CC)c1cc(C)c2c(c1)Sc1cc(N3CCNCC3)cc(C)c1N2. The van der Waals surface area contributed by atoms with E-state index in [2.05, 4.69) is 72.4 Å². The molecule has 2 aliphatic rings. The van der Waals surface area contributed by atoms with Crippen LogP contribution in [0.4, 0.5) is 22.7 Å². The zero-order chi connectivity index (χ0) is 19.0. The van der Waals surface area contributed by atoms with Gasteiger partial charge >= 0.3 is 0 Å². The minimum atomic E-state index is 1.04. The van der Waals surface area contributed by atoms with Crippen molar-refractivity contribution in [2.24, 2.45) is 0 Å². The highest BCUT2D eigenvalue weighted by molar-refractivity contribution is 7.99. The Kier molecular flexibility index (Phi) is 5.24. The molecule has 2 heterocycles. The quantitative estimate of drug-likeness (QED) is 0.679. The molecule has 0 unspecified atom stereocenters. The second-order valence-electron chi connectivity index (χ2n) is 7.41. The molecule has 4 rings (SSSR count). The van der Waals surface area contributed by atoms with Crippen LogP contribution in [0, 0.1) is 13.8 Å². The maximum absolute atomic E-state index is 3.74. The molecule has 2 aromatic carbocycles. The summed E-state index contributed by atoms with van der Waals surface area (Å²) in [5.41, 5.74) is 7.85. The van der Waals surface area contributed by atoms with Crippen molar-refractivity contribution < 1.29 is 0 Å². The molecule has 0 aliphatic carbocycles. The summed E-state index contributed by atoms with van der Waals surface area (Å²) in [4.78, 5) is 7.59. The van der Waals surface area contributed by atoms with Gasteiger partial charge in [0.05, 0.1) is 11.4 Å². The van der Waals surface area contributed by atoms with E-state index in [9.17, 15) is 0 Å². The van der Waals surface area contributed by atoms with Crippen LogP contribution < -0.4 is 20.4 Å². The molecule has 4 nitrogen and oxygen atoms in total. The van der Waals surface area contributed by atoms with Crippen LogP contribution in [-0.2, 0) is 0 Å². The smallest absolute Gasteiger partial charge is 0.0557 e. The first-order valence-electron chi connectivity index (χ1n) is 10.1. The second-order valence-corrected chi connectivity index (χ2v) is 8.49. The van der Waals surface area contributed by atoms with E-state index in [1.54, 1.807) is 0 Å². The molecular formula is C22H30N4S. The zero-order valence-electron chi connectivity index (χ0n) is 16.9. The molecule has 144 valence electrons. The Morgan fingerprint density at radius 2 is 1.56 bits per heavy atom. The maximum Gasteiger partial charge on any atom is 0.0557 e. The Balaban J connectivity index is 1.70. The molecule has 1 saturated heterocycles. The van der Waals surface area contributed by atoms with Gasteiger partial charge in [-0.15, -0.1) is 0 Å². The van der Waals surface area contributed by atoms with Crippen LogP contribution in [0.15, 0.2) is 34.1 Å². The summed E-state index contributed by atoms with van der Waals surface area (Å²) in [6, 6.07) is 9.37. The van der Waals surface area contributed by atoms with E-state index in [1.807, 2.05) is 11.8 Å². The van der Waals surface area contributed by atoms with E-state index in [0.717, 1.165) is 39.3 Å². The molecule has 2 N–H and O–H groups in total. The number of hydrogen-bond donors (Lipinski definition) is 2. The standard InChI is InChI=1S/C22H30N4S/c1-5-25(6-2)17-11-15(3)21-19(13-17)27-20-14-18(12-16(4)22(20)24-21)26-9-7-23-8-10-26/h11-14,23-24H,5-10H2,1-4H3. The number of hydrogen-bond acceptors (Lipinski definition) is 5. The summed E-state index contributed by atoms with van der Waals surface area (Å²) < 4.78 is 0. The lowest BCUT2D eigenvalue weighted by atomic mass is 10.1. The van der Waals surface area contributed by atoms with E-state index < -0.39 is 0 Å². The third-order valence-corrected chi connectivity index (χ3v) is 6.73. The number of piperazine rings is 1. The van der Waals surface area contributed by atoms with Crippen LogP contribution >= 0.6 is 11.8 Å². The summed E-state index contributed by atoms with van der Waals surface area (Å²) in [7, 11) is 0. The molecule has 0 amide bonds. The van der Waals surface area contributed by atoms with Crippen molar-refractivity contribution in [3.63, 3.8) is 0 Å². The molecule has 0 bridgehead atoms. The van der Waals surface area contributed by atoms with Gasteiger partial charge in [-0.1, -0.05) is 11.8 Å². The molecule has 2 aromatic rings. The van der Waals surface area contributed by atoms with Gasteiger partial charge in [-0.3, -0.25) is 0 Å². The highest BCUT2D eigenvalue weighted by Gasteiger charge is 2.22. The predicted octanol–water partition coefficient (Wildman–Crippen LogP) is 4.77. The lowest BCUT2D eigenvalue weighted by molar-refractivity contribution is 0.589. The number of aryl methyl sites for hydroxylation is 2. The number of nitrogens with one attached hydrogen (secondary N) is 2. The van der Waals surface area contributed by atoms with Gasteiger partial charge in [0, 0.05) is 60.4 Å². The van der Waals surface area contributed by atoms with Gasteiger partial charge in [-0.2, -0.15) is 0 Å². The number of rotatable bonds is 4. The molecule has 1 fully saturated rings. The van der Waals surface area contributed by atoms with Gasteiger partial charge in [0.25, 0.3) is 0 Å². The van der Waals surface area contributed by atoms with E-state index in [-0.39, 0.29) is 0 Å². The Bertz CT molecular complexity index is 839. The summed E-state index contributed by atoms with van der Waals surface area (Å²) in [5.74, 6) is 0. The lowest BCUT2D eigenvalue weighted by Gasteiger charge is -2.32. The fraction of sp³-hybridized carbons (Fsp3) is 0.455. The number of benzene rings is 2. The van der Waals surface area contributed by atoms with Crippen molar-refractivity contribution in [3.8, 4) is 0 Å². The fourth-order valence-electron chi connectivity index (χ4n) is 4.07. The largest absolute Gasteiger partial charge is 0.372 e. The molecule has 27 heavy (non-hydrogen) atoms. The normalized spacial score (nSPS) is 15.8. The van der Waals surface area contributed by atoms with E-state index in [0.29, 0.717) is 0 Å². The first-order valence-corrected chi connectivity index (χ1v) is 10.9. The topological polar surface area (TPSA) is 30.5 Å². The average Bonchev–Trinajstić information content (AvgIpc) is 2.68. The first-order chi connectivity index (χ1) is 13.1. The second kappa shape index (κ2) is 7.64. The third kappa shape index (κ3) is 3.50. The van der Waals surface area contributed by atoms with Crippen molar-refractivity contribution in [1.29, 1.82) is 0 Å². The molecule has 0 saturated carbocycles. The summed E-state index contributed by atoms with van der Waals surface area (Å²) in [6.45, 7) is 15.3. The van der Waals surface area contributed by atoms with E-state index in [1.165, 1.54) is 43.7 Å². The summed E-state index contributed by atoms with van der Waals surface area (Å²) >= 11 is 1.91. The van der Waals surface area contributed by atoms with Gasteiger partial charge < -0.3 is 20.4 Å². The highest BCUT2D eigenvalue weighted by atomic mass is 32.2. The third-order valence-electron chi connectivity index (χ3n) is 5.65. The molecule has 2 aliphatic heterocycles. The average molecular weight is 383 g/mol. The molecule has 0 atom stereocenters. The monoisotopic (exact) mass is 382 g/mol. The van der Waals surface area contributed by atoms with Crippen molar-refractivity contribution in [2.45, 2.75) is 37.5 Å². The van der Waals surface area contributed by atoms with E-state index >= 15 is 0 Å². The number of nitrogens with zero attached hydrogens (tertiary/aromatic N) is 2. The van der Waals surface area contributed by atoms with Gasteiger partial charge in [0.2, 0.25) is 0 Å². The summed E-state index contributed by atoms with van der Waals surface area (Å²) in [6.07, 6.45) is 0. The maximum atomic E-state index is 3.74. The number of fused-ring (bicyclic) bond motifs is 2. The van der Waals surface area contributed by atoms with Crippen LogP contribution in [0.3, 0.4) is 0 Å². The Hall–Kier alpha value is -1.85. The molecule has 0 aromatic heterocycles. The first kappa shape index (κ1) is 18.5. The molecule has 0 radical (unpaired) electrons. The molecular weight excluding hydrogens is 352 g/mol. The Labute approximate surface area is 167 Å². The van der Waals surface area contributed by atoms with Crippen molar-refractivity contribution in [3.05, 3.63) is 35.4 Å². The van der Waals surface area contributed by atoms with Crippen molar-refractivity contribution in [1.82, 2.24) is 5.32 Å². The summed E-state index contributed by atoms with van der Waals surface area (Å²) in [5, 5.41) is 7.18. The van der Waals surface area contributed by atoms with Crippen LogP contribution in [-0.4, -0.2) is 39.3 Å². The van der Waals surface area contributed by atoms with Crippen LogP contribution in [0.5, 0.6) is 0 Å². The van der Waals surface area contributed by atoms with Crippen molar-refractivity contribution in [2.75, 3.05) is 54.4 Å². The van der Waals surface area contributed by atoms with Gasteiger partial charge in [0.1, 0.15) is 0 Å². The predicted molar refractivity (Wildman–Crippen MR) is 118 cm³/mol. The molecule has 0 spiro atoms. The van der Waals surface area contributed by atoms with Gasteiger partial charge in [0.15, 0.2) is 0 Å².